The standard InChI is InChI=1S/C17H23NO4/c1-2-3-4-8-22-15-7-5-6-13(9-15)11-18-12-14(17(20)21)10-16(18)19/h5-7,9,14H,2-4,8,10-12H2,1H3,(H,20,21). The maximum Gasteiger partial charge on any atom is 0.308 e. The van der Waals surface area contributed by atoms with Crippen LogP contribution in [0, 0.1) is 5.92 Å². The van der Waals surface area contributed by atoms with E-state index in [0.717, 1.165) is 30.6 Å². The van der Waals surface area contributed by atoms with Gasteiger partial charge in [0.05, 0.1) is 12.5 Å². The number of aliphatic carboxylic acids is 1. The van der Waals surface area contributed by atoms with Crippen LogP contribution >= 0.6 is 0 Å². The zero-order chi connectivity index (χ0) is 15.9. The minimum atomic E-state index is -0.899. The molecule has 0 aromatic heterocycles. The van der Waals surface area contributed by atoms with E-state index in [1.807, 2.05) is 24.3 Å². The van der Waals surface area contributed by atoms with E-state index in [2.05, 4.69) is 6.92 Å². The van der Waals surface area contributed by atoms with Gasteiger partial charge in [-0.3, -0.25) is 9.59 Å². The molecule has 0 aliphatic carbocycles. The lowest BCUT2D eigenvalue weighted by Gasteiger charge is -2.16. The van der Waals surface area contributed by atoms with Crippen LogP contribution < -0.4 is 4.74 Å². The van der Waals surface area contributed by atoms with Gasteiger partial charge >= 0.3 is 5.97 Å². The number of likely N-dealkylation sites (tertiary alicyclic amines) is 1. The number of nitrogens with zero attached hydrogens (tertiary/aromatic N) is 1. The molecule has 1 fully saturated rings. The molecular formula is C17H23NO4. The van der Waals surface area contributed by atoms with E-state index in [-0.39, 0.29) is 18.9 Å². The molecule has 0 spiro atoms. The summed E-state index contributed by atoms with van der Waals surface area (Å²) in [6.07, 6.45) is 3.44. The molecule has 1 heterocycles. The lowest BCUT2D eigenvalue weighted by atomic mass is 10.1. The van der Waals surface area contributed by atoms with Crippen LogP contribution in [0.5, 0.6) is 5.75 Å². The maximum atomic E-state index is 11.9. The zero-order valence-electron chi connectivity index (χ0n) is 13.0. The number of ether oxygens (including phenoxy) is 1. The van der Waals surface area contributed by atoms with Crippen molar-refractivity contribution in [1.29, 1.82) is 0 Å². The molecule has 1 aliphatic heterocycles. The van der Waals surface area contributed by atoms with Crippen molar-refractivity contribution >= 4 is 11.9 Å². The quantitative estimate of drug-likeness (QED) is 0.750. The second-order valence-corrected chi connectivity index (χ2v) is 5.72. The smallest absolute Gasteiger partial charge is 0.308 e. The summed E-state index contributed by atoms with van der Waals surface area (Å²) in [5.41, 5.74) is 0.965. The molecule has 1 aromatic rings. The van der Waals surface area contributed by atoms with Gasteiger partial charge in [-0.25, -0.2) is 0 Å². The summed E-state index contributed by atoms with van der Waals surface area (Å²) in [6, 6.07) is 7.66. The summed E-state index contributed by atoms with van der Waals surface area (Å²) in [7, 11) is 0. The van der Waals surface area contributed by atoms with E-state index >= 15 is 0 Å². The first-order valence-electron chi connectivity index (χ1n) is 7.82. The summed E-state index contributed by atoms with van der Waals surface area (Å²) >= 11 is 0. The molecule has 1 aromatic carbocycles. The van der Waals surface area contributed by atoms with Gasteiger partial charge in [0.15, 0.2) is 0 Å². The van der Waals surface area contributed by atoms with E-state index < -0.39 is 11.9 Å². The molecule has 0 bridgehead atoms. The number of unbranched alkanes of at least 4 members (excludes halogenated alkanes) is 2. The van der Waals surface area contributed by atoms with Crippen molar-refractivity contribution in [3.8, 4) is 5.75 Å². The third-order valence-electron chi connectivity index (χ3n) is 3.85. The van der Waals surface area contributed by atoms with Crippen LogP contribution in [0.2, 0.25) is 0 Å². The molecule has 0 radical (unpaired) electrons. The Labute approximate surface area is 130 Å². The minimum absolute atomic E-state index is 0.0957. The average molecular weight is 305 g/mol. The zero-order valence-corrected chi connectivity index (χ0v) is 13.0. The second kappa shape index (κ2) is 7.82. The molecule has 5 nitrogen and oxygen atoms in total. The van der Waals surface area contributed by atoms with E-state index in [1.54, 1.807) is 4.90 Å². The molecule has 2 rings (SSSR count). The molecule has 0 saturated carbocycles. The van der Waals surface area contributed by atoms with Gasteiger partial charge in [0.1, 0.15) is 5.75 Å². The van der Waals surface area contributed by atoms with E-state index in [0.29, 0.717) is 13.2 Å². The lowest BCUT2D eigenvalue weighted by Crippen LogP contribution is -2.25. The Morgan fingerprint density at radius 3 is 2.91 bits per heavy atom. The van der Waals surface area contributed by atoms with Crippen LogP contribution in [0.1, 0.15) is 38.2 Å². The van der Waals surface area contributed by atoms with Crippen LogP contribution in [0.15, 0.2) is 24.3 Å². The number of carbonyl (C=O) groups is 2. The van der Waals surface area contributed by atoms with Crippen molar-refractivity contribution in [3.63, 3.8) is 0 Å². The SMILES string of the molecule is CCCCCOc1cccc(CN2CC(C(=O)O)CC2=O)c1. The highest BCUT2D eigenvalue weighted by atomic mass is 16.5. The van der Waals surface area contributed by atoms with Gasteiger partial charge in [-0.15, -0.1) is 0 Å². The number of hydrogen-bond acceptors (Lipinski definition) is 3. The van der Waals surface area contributed by atoms with Crippen molar-refractivity contribution < 1.29 is 19.4 Å². The Hall–Kier alpha value is -2.04. The first-order valence-corrected chi connectivity index (χ1v) is 7.82. The van der Waals surface area contributed by atoms with Crippen molar-refractivity contribution in [2.45, 2.75) is 39.2 Å². The van der Waals surface area contributed by atoms with Crippen LogP contribution in [0.4, 0.5) is 0 Å². The summed E-state index contributed by atoms with van der Waals surface area (Å²) < 4.78 is 5.70. The number of rotatable bonds is 8. The molecule has 1 aliphatic rings. The van der Waals surface area contributed by atoms with Gasteiger partial charge in [0, 0.05) is 19.5 Å². The number of carbonyl (C=O) groups excluding carboxylic acids is 1. The fourth-order valence-corrected chi connectivity index (χ4v) is 2.59. The highest BCUT2D eigenvalue weighted by Crippen LogP contribution is 2.22. The van der Waals surface area contributed by atoms with Crippen molar-refractivity contribution in [1.82, 2.24) is 4.90 Å². The largest absolute Gasteiger partial charge is 0.494 e. The highest BCUT2D eigenvalue weighted by molar-refractivity contribution is 5.86. The summed E-state index contributed by atoms with van der Waals surface area (Å²) in [4.78, 5) is 24.4. The van der Waals surface area contributed by atoms with Crippen molar-refractivity contribution in [2.75, 3.05) is 13.2 Å². The first kappa shape index (κ1) is 16.3. The molecule has 1 amide bonds. The van der Waals surface area contributed by atoms with Gasteiger partial charge in [0.25, 0.3) is 0 Å². The molecule has 5 heteroatoms. The van der Waals surface area contributed by atoms with Crippen molar-refractivity contribution in [3.05, 3.63) is 29.8 Å². The van der Waals surface area contributed by atoms with Gasteiger partial charge in [0.2, 0.25) is 5.91 Å². The number of carboxylic acids is 1. The number of carboxylic acid groups (broad SMARTS) is 1. The van der Waals surface area contributed by atoms with Crippen LogP contribution in [0.3, 0.4) is 0 Å². The first-order chi connectivity index (χ1) is 10.6. The van der Waals surface area contributed by atoms with E-state index in [9.17, 15) is 9.59 Å². The van der Waals surface area contributed by atoms with Gasteiger partial charge < -0.3 is 14.7 Å². The summed E-state index contributed by atoms with van der Waals surface area (Å²) in [5.74, 6) is -0.776. The Morgan fingerprint density at radius 1 is 1.41 bits per heavy atom. The molecule has 1 saturated heterocycles. The summed E-state index contributed by atoms with van der Waals surface area (Å²) in [6.45, 7) is 3.57. The Balaban J connectivity index is 1.90. The monoisotopic (exact) mass is 305 g/mol. The van der Waals surface area contributed by atoms with Crippen molar-refractivity contribution in [2.24, 2.45) is 5.92 Å². The predicted molar refractivity (Wildman–Crippen MR) is 82.6 cm³/mol. The molecule has 1 atom stereocenters. The third kappa shape index (κ3) is 4.48. The second-order valence-electron chi connectivity index (χ2n) is 5.72. The van der Waals surface area contributed by atoms with Crippen LogP contribution in [0.25, 0.3) is 0 Å². The van der Waals surface area contributed by atoms with E-state index in [1.165, 1.54) is 0 Å². The maximum absolute atomic E-state index is 11.9. The van der Waals surface area contributed by atoms with E-state index in [4.69, 9.17) is 9.84 Å². The van der Waals surface area contributed by atoms with Crippen LogP contribution in [-0.2, 0) is 16.1 Å². The number of amides is 1. The average Bonchev–Trinajstić information content (AvgIpc) is 2.86. The topological polar surface area (TPSA) is 66.8 Å². The van der Waals surface area contributed by atoms with Crippen LogP contribution in [-0.4, -0.2) is 35.0 Å². The molecule has 1 N–H and O–H groups in total. The lowest BCUT2D eigenvalue weighted by molar-refractivity contribution is -0.141. The molecule has 22 heavy (non-hydrogen) atoms. The van der Waals surface area contributed by atoms with Gasteiger partial charge in [-0.2, -0.15) is 0 Å². The Bertz CT molecular complexity index is 529. The number of hydrogen-bond donors (Lipinski definition) is 1. The highest BCUT2D eigenvalue weighted by Gasteiger charge is 2.34. The summed E-state index contributed by atoms with van der Waals surface area (Å²) in [5, 5.41) is 9.00. The number of benzene rings is 1. The third-order valence-corrected chi connectivity index (χ3v) is 3.85. The molecule has 1 unspecified atom stereocenters. The predicted octanol–water partition coefficient (Wildman–Crippen LogP) is 2.69. The Morgan fingerprint density at radius 2 is 2.23 bits per heavy atom. The molecular weight excluding hydrogens is 282 g/mol. The fourth-order valence-electron chi connectivity index (χ4n) is 2.59. The fraction of sp³-hybridized carbons (Fsp3) is 0.529. The minimum Gasteiger partial charge on any atom is -0.494 e. The van der Waals surface area contributed by atoms with Gasteiger partial charge in [-0.05, 0) is 24.1 Å². The normalized spacial score (nSPS) is 17.8. The Kier molecular flexibility index (Phi) is 5.81. The van der Waals surface area contributed by atoms with Gasteiger partial charge in [-0.1, -0.05) is 31.9 Å². The molecule has 120 valence electrons.